The van der Waals surface area contributed by atoms with E-state index in [9.17, 15) is 23.3 Å². The first-order chi connectivity index (χ1) is 9.54. The van der Waals surface area contributed by atoms with Gasteiger partial charge in [-0.1, -0.05) is 23.2 Å². The molecule has 1 atom stereocenters. The van der Waals surface area contributed by atoms with Gasteiger partial charge in [0.2, 0.25) is 0 Å². The van der Waals surface area contributed by atoms with Gasteiger partial charge in [-0.15, -0.1) is 0 Å². The molecule has 1 aromatic rings. The van der Waals surface area contributed by atoms with Crippen molar-refractivity contribution in [3.63, 3.8) is 0 Å². The van der Waals surface area contributed by atoms with Gasteiger partial charge in [-0.2, -0.15) is 13.2 Å². The first-order valence-corrected chi connectivity index (χ1v) is 5.96. The van der Waals surface area contributed by atoms with E-state index in [0.29, 0.717) is 0 Å². The Bertz CT molecular complexity index is 581. The predicted molar refractivity (Wildman–Crippen MR) is 70.1 cm³/mol. The van der Waals surface area contributed by atoms with Gasteiger partial charge in [0.15, 0.2) is 5.75 Å². The Hall–Kier alpha value is -1.74. The van der Waals surface area contributed by atoms with Crippen LogP contribution in [-0.2, 0) is 0 Å². The SMILES string of the molecule is N=C(N)C(COc1cc(Cl)c(Cl)cc1[N+](=O)[O-])C(F)(F)F. The average molecular weight is 346 g/mol. The van der Waals surface area contributed by atoms with E-state index in [-0.39, 0.29) is 10.0 Å². The lowest BCUT2D eigenvalue weighted by molar-refractivity contribution is -0.386. The van der Waals surface area contributed by atoms with E-state index in [0.717, 1.165) is 12.1 Å². The average Bonchev–Trinajstić information content (AvgIpc) is 2.30. The third-order valence-corrected chi connectivity index (χ3v) is 3.10. The van der Waals surface area contributed by atoms with Crippen LogP contribution in [0.3, 0.4) is 0 Å². The monoisotopic (exact) mass is 345 g/mol. The van der Waals surface area contributed by atoms with E-state index >= 15 is 0 Å². The van der Waals surface area contributed by atoms with Crippen molar-refractivity contribution in [2.45, 2.75) is 6.18 Å². The molecule has 0 bridgehead atoms. The van der Waals surface area contributed by atoms with Crippen LogP contribution in [0, 0.1) is 21.4 Å². The van der Waals surface area contributed by atoms with Crippen LogP contribution < -0.4 is 10.5 Å². The zero-order valence-corrected chi connectivity index (χ0v) is 11.6. The number of nitro groups is 1. The summed E-state index contributed by atoms with van der Waals surface area (Å²) in [6, 6.07) is 1.78. The first kappa shape index (κ1) is 17.3. The molecule has 0 heterocycles. The maximum Gasteiger partial charge on any atom is 0.401 e. The molecule has 0 amide bonds. The molecule has 3 N–H and O–H groups in total. The summed E-state index contributed by atoms with van der Waals surface area (Å²) in [4.78, 5) is 9.91. The second-order valence-corrected chi connectivity index (χ2v) is 4.67. The lowest BCUT2D eigenvalue weighted by atomic mass is 10.1. The highest BCUT2D eigenvalue weighted by molar-refractivity contribution is 6.42. The molecule has 0 fully saturated rings. The molecule has 0 spiro atoms. The molecule has 116 valence electrons. The van der Waals surface area contributed by atoms with Crippen molar-refractivity contribution >= 4 is 34.7 Å². The number of hydrogen-bond donors (Lipinski definition) is 2. The summed E-state index contributed by atoms with van der Waals surface area (Å²) in [5, 5.41) is 17.4. The smallest absolute Gasteiger partial charge is 0.401 e. The van der Waals surface area contributed by atoms with E-state index in [4.69, 9.17) is 39.1 Å². The number of rotatable bonds is 5. The Balaban J connectivity index is 3.05. The minimum Gasteiger partial charge on any atom is -0.486 e. The van der Waals surface area contributed by atoms with E-state index in [1.807, 2.05) is 0 Å². The van der Waals surface area contributed by atoms with Gasteiger partial charge >= 0.3 is 11.9 Å². The van der Waals surface area contributed by atoms with Gasteiger partial charge in [0.1, 0.15) is 18.4 Å². The molecule has 0 aliphatic carbocycles. The number of halogens is 5. The topological polar surface area (TPSA) is 102 Å². The van der Waals surface area contributed by atoms with Gasteiger partial charge in [0.25, 0.3) is 0 Å². The van der Waals surface area contributed by atoms with Crippen LogP contribution in [0.1, 0.15) is 0 Å². The Labute approximate surface area is 126 Å². The van der Waals surface area contributed by atoms with Crippen LogP contribution in [0.2, 0.25) is 10.0 Å². The Kier molecular flexibility index (Phi) is 5.24. The van der Waals surface area contributed by atoms with E-state index in [2.05, 4.69) is 0 Å². The van der Waals surface area contributed by atoms with Crippen molar-refractivity contribution in [1.29, 1.82) is 5.41 Å². The number of benzene rings is 1. The van der Waals surface area contributed by atoms with E-state index in [1.165, 1.54) is 0 Å². The van der Waals surface area contributed by atoms with Crippen LogP contribution in [0.15, 0.2) is 12.1 Å². The van der Waals surface area contributed by atoms with Crippen molar-refractivity contribution in [3.8, 4) is 5.75 Å². The van der Waals surface area contributed by atoms with Crippen molar-refractivity contribution in [1.82, 2.24) is 0 Å². The number of hydrogen-bond acceptors (Lipinski definition) is 4. The highest BCUT2D eigenvalue weighted by atomic mass is 35.5. The first-order valence-electron chi connectivity index (χ1n) is 5.21. The third-order valence-electron chi connectivity index (χ3n) is 2.37. The molecule has 1 rings (SSSR count). The van der Waals surface area contributed by atoms with E-state index < -0.39 is 40.9 Å². The molecule has 0 aromatic heterocycles. The normalized spacial score (nSPS) is 12.8. The minimum absolute atomic E-state index is 0.122. The molecule has 6 nitrogen and oxygen atoms in total. The fourth-order valence-corrected chi connectivity index (χ4v) is 1.62. The lowest BCUT2D eigenvalue weighted by Crippen LogP contribution is -2.39. The molecule has 0 saturated carbocycles. The summed E-state index contributed by atoms with van der Waals surface area (Å²) >= 11 is 11.2. The molecule has 21 heavy (non-hydrogen) atoms. The summed E-state index contributed by atoms with van der Waals surface area (Å²) in [7, 11) is 0. The van der Waals surface area contributed by atoms with E-state index in [1.54, 1.807) is 0 Å². The number of alkyl halides is 3. The lowest BCUT2D eigenvalue weighted by Gasteiger charge is -2.19. The number of amidine groups is 1. The zero-order chi connectivity index (χ0) is 16.4. The number of nitrogens with one attached hydrogen (secondary N) is 1. The summed E-state index contributed by atoms with van der Waals surface area (Å²) < 4.78 is 42.5. The Morgan fingerprint density at radius 1 is 1.43 bits per heavy atom. The quantitative estimate of drug-likeness (QED) is 0.369. The summed E-state index contributed by atoms with van der Waals surface area (Å²) in [5.74, 6) is -4.04. The molecule has 1 unspecified atom stereocenters. The molecular formula is C10H8Cl2F3N3O3. The van der Waals surface area contributed by atoms with Gasteiger partial charge in [0, 0.05) is 12.1 Å². The largest absolute Gasteiger partial charge is 0.486 e. The number of nitrogens with zero attached hydrogens (tertiary/aromatic N) is 1. The molecule has 0 radical (unpaired) electrons. The van der Waals surface area contributed by atoms with Gasteiger partial charge in [-0.05, 0) is 0 Å². The van der Waals surface area contributed by atoms with Crippen LogP contribution in [-0.4, -0.2) is 23.5 Å². The zero-order valence-electron chi connectivity index (χ0n) is 10.1. The van der Waals surface area contributed by atoms with Crippen molar-refractivity contribution in [2.24, 2.45) is 11.7 Å². The summed E-state index contributed by atoms with van der Waals surface area (Å²) in [5.41, 5.74) is 4.20. The standard InChI is InChI=1S/C10H8Cl2F3N3O3/c11-5-1-7(18(19)20)8(2-6(5)12)21-3-4(9(16)17)10(13,14)15/h1-2,4H,3H2,(H3,16,17). The van der Waals surface area contributed by atoms with Crippen LogP contribution >= 0.6 is 23.2 Å². The van der Waals surface area contributed by atoms with Crippen molar-refractivity contribution < 1.29 is 22.8 Å². The van der Waals surface area contributed by atoms with Crippen molar-refractivity contribution in [3.05, 3.63) is 32.3 Å². The van der Waals surface area contributed by atoms with Crippen molar-refractivity contribution in [2.75, 3.05) is 6.61 Å². The number of ether oxygens (including phenoxy) is 1. The van der Waals surface area contributed by atoms with Crippen LogP contribution in [0.4, 0.5) is 18.9 Å². The maximum atomic E-state index is 12.6. The second-order valence-electron chi connectivity index (χ2n) is 3.85. The number of nitrogens with two attached hydrogens (primary N) is 1. The molecular weight excluding hydrogens is 338 g/mol. The van der Waals surface area contributed by atoms with Gasteiger partial charge in [0.05, 0.1) is 15.0 Å². The summed E-state index contributed by atoms with van der Waals surface area (Å²) in [6.45, 7) is -1.09. The highest BCUT2D eigenvalue weighted by Gasteiger charge is 2.42. The minimum atomic E-state index is -4.81. The Morgan fingerprint density at radius 3 is 2.38 bits per heavy atom. The van der Waals surface area contributed by atoms with Crippen LogP contribution in [0.5, 0.6) is 5.75 Å². The molecule has 11 heteroatoms. The van der Waals surface area contributed by atoms with Crippen LogP contribution in [0.25, 0.3) is 0 Å². The highest BCUT2D eigenvalue weighted by Crippen LogP contribution is 2.36. The fraction of sp³-hybridized carbons (Fsp3) is 0.300. The Morgan fingerprint density at radius 2 is 1.95 bits per heavy atom. The van der Waals surface area contributed by atoms with Gasteiger partial charge in [-0.3, -0.25) is 15.5 Å². The molecule has 0 aliphatic heterocycles. The fourth-order valence-electron chi connectivity index (χ4n) is 1.31. The second kappa shape index (κ2) is 6.35. The molecule has 0 saturated heterocycles. The third kappa shape index (κ3) is 4.36. The maximum absolute atomic E-state index is 12.6. The van der Waals surface area contributed by atoms with Gasteiger partial charge < -0.3 is 10.5 Å². The number of nitro benzene ring substituents is 1. The van der Waals surface area contributed by atoms with Gasteiger partial charge in [-0.25, -0.2) is 0 Å². The predicted octanol–water partition coefficient (Wildman–Crippen LogP) is 3.39. The summed E-state index contributed by atoms with van der Waals surface area (Å²) in [6.07, 6.45) is -4.81. The molecule has 1 aromatic carbocycles. The molecule has 0 aliphatic rings.